The van der Waals surface area contributed by atoms with Crippen LogP contribution in [0.4, 0.5) is 23.1 Å². The van der Waals surface area contributed by atoms with E-state index in [0.29, 0.717) is 5.95 Å². The maximum absolute atomic E-state index is 5.47. The summed E-state index contributed by atoms with van der Waals surface area (Å²) in [6, 6.07) is 16.0. The molecular formula is C22H24N4O2. The average molecular weight is 376 g/mol. The Morgan fingerprint density at radius 1 is 1.00 bits per heavy atom. The first-order valence-corrected chi connectivity index (χ1v) is 9.38. The van der Waals surface area contributed by atoms with Gasteiger partial charge >= 0.3 is 0 Å². The molecule has 3 aromatic rings. The predicted molar refractivity (Wildman–Crippen MR) is 111 cm³/mol. The van der Waals surface area contributed by atoms with E-state index in [0.717, 1.165) is 48.1 Å². The third-order valence-electron chi connectivity index (χ3n) is 4.86. The summed E-state index contributed by atoms with van der Waals surface area (Å²) in [6.45, 7) is 2.89. The van der Waals surface area contributed by atoms with Crippen LogP contribution in [0.1, 0.15) is 17.7 Å². The largest absolute Gasteiger partial charge is 0.497 e. The van der Waals surface area contributed by atoms with Crippen LogP contribution in [0.2, 0.25) is 0 Å². The van der Waals surface area contributed by atoms with Crippen molar-refractivity contribution in [3.63, 3.8) is 0 Å². The van der Waals surface area contributed by atoms with Gasteiger partial charge in [0.1, 0.15) is 17.3 Å². The summed E-state index contributed by atoms with van der Waals surface area (Å²) in [4.78, 5) is 11.7. The van der Waals surface area contributed by atoms with E-state index in [9.17, 15) is 0 Å². The molecule has 0 bridgehead atoms. The second kappa shape index (κ2) is 7.76. The van der Waals surface area contributed by atoms with Gasteiger partial charge in [0.05, 0.1) is 19.9 Å². The molecule has 6 nitrogen and oxygen atoms in total. The van der Waals surface area contributed by atoms with Gasteiger partial charge in [0, 0.05) is 30.1 Å². The van der Waals surface area contributed by atoms with Crippen molar-refractivity contribution in [1.29, 1.82) is 0 Å². The molecule has 1 aliphatic heterocycles. The van der Waals surface area contributed by atoms with E-state index in [1.807, 2.05) is 31.2 Å². The number of anilines is 4. The molecule has 0 atom stereocenters. The van der Waals surface area contributed by atoms with E-state index >= 15 is 0 Å². The summed E-state index contributed by atoms with van der Waals surface area (Å²) >= 11 is 0. The first kappa shape index (κ1) is 18.1. The van der Waals surface area contributed by atoms with Gasteiger partial charge in [-0.1, -0.05) is 18.2 Å². The first-order chi connectivity index (χ1) is 13.7. The van der Waals surface area contributed by atoms with Crippen LogP contribution in [0.5, 0.6) is 11.5 Å². The predicted octanol–water partition coefficient (Wildman–Crippen LogP) is 4.63. The fourth-order valence-corrected chi connectivity index (χ4v) is 3.53. The molecule has 4 rings (SSSR count). The molecule has 0 amide bonds. The maximum Gasteiger partial charge on any atom is 0.232 e. The highest BCUT2D eigenvalue weighted by atomic mass is 16.5. The summed E-state index contributed by atoms with van der Waals surface area (Å²) in [5.74, 6) is 2.90. The zero-order valence-electron chi connectivity index (χ0n) is 16.4. The number of nitrogens with one attached hydrogen (secondary N) is 1. The number of benzene rings is 2. The zero-order chi connectivity index (χ0) is 19.5. The number of fused-ring (bicyclic) bond motifs is 1. The molecule has 0 fully saturated rings. The Bertz CT molecular complexity index is 990. The third kappa shape index (κ3) is 3.58. The molecule has 6 heteroatoms. The van der Waals surface area contributed by atoms with Crippen molar-refractivity contribution in [3.8, 4) is 11.5 Å². The molecule has 0 aliphatic carbocycles. The number of rotatable bonds is 5. The molecule has 2 heterocycles. The van der Waals surface area contributed by atoms with Crippen molar-refractivity contribution in [3.05, 3.63) is 59.8 Å². The Balaban J connectivity index is 1.70. The van der Waals surface area contributed by atoms with E-state index in [1.165, 1.54) is 11.3 Å². The van der Waals surface area contributed by atoms with Crippen LogP contribution in [0.3, 0.4) is 0 Å². The Morgan fingerprint density at radius 3 is 2.68 bits per heavy atom. The molecule has 0 saturated heterocycles. The number of methoxy groups -OCH3 is 2. The number of nitrogens with zero attached hydrogens (tertiary/aromatic N) is 3. The summed E-state index contributed by atoms with van der Waals surface area (Å²) in [5, 5.41) is 3.36. The van der Waals surface area contributed by atoms with E-state index in [4.69, 9.17) is 19.4 Å². The molecule has 1 N–H and O–H groups in total. The van der Waals surface area contributed by atoms with E-state index in [-0.39, 0.29) is 0 Å². The SMILES string of the molecule is COc1ccc(OC)c(Nc2cc(C)nc(N3CCCc4ccccc43)n2)c1. The van der Waals surface area contributed by atoms with Crippen molar-refractivity contribution < 1.29 is 9.47 Å². The van der Waals surface area contributed by atoms with E-state index < -0.39 is 0 Å². The average Bonchev–Trinajstić information content (AvgIpc) is 2.72. The normalized spacial score (nSPS) is 13.0. The van der Waals surface area contributed by atoms with E-state index in [1.54, 1.807) is 14.2 Å². The Hall–Kier alpha value is -3.28. The van der Waals surface area contributed by atoms with Crippen molar-refractivity contribution in [2.75, 3.05) is 31.0 Å². The molecule has 2 aromatic carbocycles. The summed E-state index contributed by atoms with van der Waals surface area (Å²) in [7, 11) is 3.29. The highest BCUT2D eigenvalue weighted by Crippen LogP contribution is 2.34. The molecule has 0 saturated carbocycles. The first-order valence-electron chi connectivity index (χ1n) is 9.38. The highest BCUT2D eigenvalue weighted by Gasteiger charge is 2.20. The number of hydrogen-bond donors (Lipinski definition) is 1. The summed E-state index contributed by atoms with van der Waals surface area (Å²) < 4.78 is 10.8. The van der Waals surface area contributed by atoms with Gasteiger partial charge < -0.3 is 19.7 Å². The summed E-state index contributed by atoms with van der Waals surface area (Å²) in [6.07, 6.45) is 2.17. The van der Waals surface area contributed by atoms with Crippen LogP contribution in [0, 0.1) is 6.92 Å². The number of ether oxygens (including phenoxy) is 2. The van der Waals surface area contributed by atoms with Gasteiger partial charge in [-0.15, -0.1) is 0 Å². The molecule has 144 valence electrons. The van der Waals surface area contributed by atoms with Crippen LogP contribution in [0.15, 0.2) is 48.5 Å². The van der Waals surface area contributed by atoms with Crippen LogP contribution in [-0.2, 0) is 6.42 Å². The minimum Gasteiger partial charge on any atom is -0.497 e. The van der Waals surface area contributed by atoms with Gasteiger partial charge in [0.2, 0.25) is 5.95 Å². The number of para-hydroxylation sites is 1. The van der Waals surface area contributed by atoms with Crippen molar-refractivity contribution in [1.82, 2.24) is 9.97 Å². The van der Waals surface area contributed by atoms with Crippen LogP contribution >= 0.6 is 0 Å². The minimum atomic E-state index is 0.705. The van der Waals surface area contributed by atoms with E-state index in [2.05, 4.69) is 34.5 Å². The third-order valence-corrected chi connectivity index (χ3v) is 4.86. The lowest BCUT2D eigenvalue weighted by Crippen LogP contribution is -2.26. The highest BCUT2D eigenvalue weighted by molar-refractivity contribution is 5.69. The quantitative estimate of drug-likeness (QED) is 0.701. The van der Waals surface area contributed by atoms with Crippen molar-refractivity contribution in [2.45, 2.75) is 19.8 Å². The van der Waals surface area contributed by atoms with Crippen LogP contribution in [-0.4, -0.2) is 30.7 Å². The van der Waals surface area contributed by atoms with Gasteiger partial charge in [0.15, 0.2) is 0 Å². The number of hydrogen-bond acceptors (Lipinski definition) is 6. The maximum atomic E-state index is 5.47. The fraction of sp³-hybridized carbons (Fsp3) is 0.273. The Kier molecular flexibility index (Phi) is 5.02. The Labute approximate surface area is 165 Å². The summed E-state index contributed by atoms with van der Waals surface area (Å²) in [5.41, 5.74) is 4.22. The van der Waals surface area contributed by atoms with Gasteiger partial charge in [0.25, 0.3) is 0 Å². The topological polar surface area (TPSA) is 59.5 Å². The second-order valence-corrected chi connectivity index (χ2v) is 6.77. The molecule has 1 aromatic heterocycles. The van der Waals surface area contributed by atoms with Gasteiger partial charge in [-0.05, 0) is 43.5 Å². The van der Waals surface area contributed by atoms with Crippen molar-refractivity contribution in [2.24, 2.45) is 0 Å². The minimum absolute atomic E-state index is 0.705. The van der Waals surface area contributed by atoms with Gasteiger partial charge in [-0.25, -0.2) is 4.98 Å². The smallest absolute Gasteiger partial charge is 0.232 e. The molecule has 0 spiro atoms. The molecule has 0 unspecified atom stereocenters. The molecule has 28 heavy (non-hydrogen) atoms. The molecule has 0 radical (unpaired) electrons. The van der Waals surface area contributed by atoms with Crippen LogP contribution < -0.4 is 19.7 Å². The zero-order valence-corrected chi connectivity index (χ0v) is 16.4. The number of aromatic nitrogens is 2. The standard InChI is InChI=1S/C22H24N4O2/c1-15-13-21(24-18-14-17(27-2)10-11-20(18)28-3)25-22(23-15)26-12-6-8-16-7-4-5-9-19(16)26/h4-5,7,9-11,13-14H,6,8,12H2,1-3H3,(H,23,24,25). The van der Waals surface area contributed by atoms with Crippen molar-refractivity contribution >= 4 is 23.1 Å². The lowest BCUT2D eigenvalue weighted by Gasteiger charge is -2.29. The molecular weight excluding hydrogens is 352 g/mol. The lowest BCUT2D eigenvalue weighted by atomic mass is 10.0. The monoisotopic (exact) mass is 376 g/mol. The van der Waals surface area contributed by atoms with Crippen LogP contribution in [0.25, 0.3) is 0 Å². The fourth-order valence-electron chi connectivity index (χ4n) is 3.53. The molecule has 1 aliphatic rings. The second-order valence-electron chi connectivity index (χ2n) is 6.77. The van der Waals surface area contributed by atoms with Gasteiger partial charge in [-0.2, -0.15) is 4.98 Å². The lowest BCUT2D eigenvalue weighted by molar-refractivity contribution is 0.405. The van der Waals surface area contributed by atoms with Gasteiger partial charge in [-0.3, -0.25) is 0 Å². The number of aryl methyl sites for hydroxylation is 2. The Morgan fingerprint density at radius 2 is 1.86 bits per heavy atom.